The number of rotatable bonds is 61. The van der Waals surface area contributed by atoms with Crippen LogP contribution in [0.3, 0.4) is 0 Å². The Bertz CT molecular complexity index is 1320. The van der Waals surface area contributed by atoms with Gasteiger partial charge in [-0.05, 0) is 38.5 Å². The molecule has 0 bridgehead atoms. The molecule has 0 spiro atoms. The fourth-order valence-corrected chi connectivity index (χ4v) is 10.4. The summed E-state index contributed by atoms with van der Waals surface area (Å²) in [6.45, 7) is 4.40. The molecule has 0 saturated heterocycles. The van der Waals surface area contributed by atoms with Gasteiger partial charge in [0.2, 0.25) is 0 Å². The van der Waals surface area contributed by atoms with Crippen LogP contribution in [0.2, 0.25) is 0 Å². The van der Waals surface area contributed by atoms with Crippen LogP contribution in [0.1, 0.15) is 328 Å². The predicted octanol–water partition coefficient (Wildman–Crippen LogP) is 20.5. The molecule has 2 unspecified atom stereocenters. The molecule has 2 atom stereocenters. The van der Waals surface area contributed by atoms with Gasteiger partial charge in [0.25, 0.3) is 0 Å². The van der Waals surface area contributed by atoms with Gasteiger partial charge in [0, 0.05) is 12.8 Å². The van der Waals surface area contributed by atoms with E-state index in [1.807, 2.05) is 21.1 Å². The zero-order valence-electron chi connectivity index (χ0n) is 50.6. The van der Waals surface area contributed by atoms with E-state index in [4.69, 9.17) is 18.5 Å². The van der Waals surface area contributed by atoms with E-state index >= 15 is 0 Å². The molecule has 0 saturated carbocycles. The van der Waals surface area contributed by atoms with Gasteiger partial charge in [-0.3, -0.25) is 18.6 Å². The second-order valence-electron chi connectivity index (χ2n) is 23.5. The minimum atomic E-state index is -4.38. The quantitative estimate of drug-likeness (QED) is 0.0211. The lowest BCUT2D eigenvalue weighted by atomic mass is 10.0. The van der Waals surface area contributed by atoms with Crippen molar-refractivity contribution in [2.75, 3.05) is 47.5 Å². The highest BCUT2D eigenvalue weighted by molar-refractivity contribution is 7.47. The summed E-state index contributed by atoms with van der Waals surface area (Å²) in [5, 5.41) is 0. The second kappa shape index (κ2) is 57.2. The molecule has 0 aromatic carbocycles. The molecule has 0 rings (SSSR count). The average Bonchev–Trinajstić information content (AvgIpc) is 3.37. The van der Waals surface area contributed by atoms with Crippen molar-refractivity contribution < 1.29 is 42.1 Å². The molecular formula is C65H127NO8P+. The Kier molecular flexibility index (Phi) is 56.0. The SMILES string of the molecule is CCC/C=C\C/C=C\CCCCCCCC(=O)OC(COC(=O)CCCCCCCCCCCCCCCCCCCCCCCCCCCCCCCCCCCCCCCC)COP(=O)(O)OCC[N+](C)(C)C. The zero-order chi connectivity index (χ0) is 54.9. The van der Waals surface area contributed by atoms with Crippen molar-refractivity contribution in [3.8, 4) is 0 Å². The van der Waals surface area contributed by atoms with E-state index < -0.39 is 26.5 Å². The van der Waals surface area contributed by atoms with Crippen molar-refractivity contribution in [1.82, 2.24) is 0 Å². The monoisotopic (exact) mass is 1080 g/mol. The number of carbonyl (C=O) groups is 2. The van der Waals surface area contributed by atoms with Crippen molar-refractivity contribution in [2.24, 2.45) is 0 Å². The van der Waals surface area contributed by atoms with Gasteiger partial charge in [-0.15, -0.1) is 0 Å². The maximum Gasteiger partial charge on any atom is 0.472 e. The lowest BCUT2D eigenvalue weighted by Crippen LogP contribution is -2.37. The lowest BCUT2D eigenvalue weighted by Gasteiger charge is -2.24. The molecule has 0 fully saturated rings. The molecule has 1 N–H and O–H groups in total. The van der Waals surface area contributed by atoms with E-state index in [0.29, 0.717) is 23.9 Å². The number of ether oxygens (including phenoxy) is 2. The van der Waals surface area contributed by atoms with Crippen LogP contribution in [-0.2, 0) is 32.7 Å². The predicted molar refractivity (Wildman–Crippen MR) is 321 cm³/mol. The van der Waals surface area contributed by atoms with Crippen LogP contribution in [0.4, 0.5) is 0 Å². The van der Waals surface area contributed by atoms with Crippen molar-refractivity contribution >= 4 is 19.8 Å². The maximum absolute atomic E-state index is 12.7. The number of likely N-dealkylation sites (N-methyl/N-ethyl adjacent to an activating group) is 1. The minimum absolute atomic E-state index is 0.0309. The van der Waals surface area contributed by atoms with Crippen LogP contribution < -0.4 is 0 Å². The third-order valence-corrected chi connectivity index (χ3v) is 15.7. The molecular weight excluding hydrogens is 954 g/mol. The van der Waals surface area contributed by atoms with Gasteiger partial charge in [-0.2, -0.15) is 0 Å². The first-order valence-electron chi connectivity index (χ1n) is 32.6. The highest BCUT2D eigenvalue weighted by atomic mass is 31.2. The van der Waals surface area contributed by atoms with E-state index in [-0.39, 0.29) is 25.6 Å². The highest BCUT2D eigenvalue weighted by Gasteiger charge is 2.27. The number of phosphoric ester groups is 1. The molecule has 444 valence electrons. The number of carbonyl (C=O) groups excluding carboxylic acids is 2. The first-order chi connectivity index (χ1) is 36.5. The largest absolute Gasteiger partial charge is 0.472 e. The summed E-state index contributed by atoms with van der Waals surface area (Å²) in [7, 11) is 1.48. The van der Waals surface area contributed by atoms with Gasteiger partial charge in [-0.1, -0.05) is 301 Å². The van der Waals surface area contributed by atoms with Crippen molar-refractivity contribution in [3.05, 3.63) is 24.3 Å². The van der Waals surface area contributed by atoms with E-state index in [1.165, 1.54) is 231 Å². The van der Waals surface area contributed by atoms with Gasteiger partial charge < -0.3 is 18.9 Å². The Labute approximate surface area is 466 Å². The van der Waals surface area contributed by atoms with Crippen molar-refractivity contribution in [2.45, 2.75) is 335 Å². The normalized spacial score (nSPS) is 13.3. The molecule has 9 nitrogen and oxygen atoms in total. The summed E-state index contributed by atoms with van der Waals surface area (Å²) < 4.78 is 34.5. The number of phosphoric acid groups is 1. The topological polar surface area (TPSA) is 108 Å². The maximum atomic E-state index is 12.7. The standard InChI is InChI=1S/C65H126NO8P/c1-6-8-10-12-14-16-18-20-21-22-23-24-25-26-27-28-29-30-31-32-33-34-35-36-37-38-39-40-41-42-43-44-46-47-49-51-53-55-57-64(67)71-61-63(62-73-75(69,70)72-60-59-66(3,4)5)74-65(68)58-56-54-52-50-48-45-19-17-15-13-11-9-7-2/h11,13,17,19,63H,6-10,12,14-16,18,20-62H2,1-5H3/p+1/b13-11-,19-17-. The Hall–Kier alpha value is -1.51. The Balaban J connectivity index is 3.82. The molecule has 0 aromatic heterocycles. The average molecular weight is 1080 g/mol. The molecule has 0 amide bonds. The van der Waals surface area contributed by atoms with Gasteiger partial charge in [0.05, 0.1) is 27.7 Å². The number of nitrogens with zero attached hydrogens (tertiary/aromatic N) is 1. The second-order valence-corrected chi connectivity index (χ2v) is 25.0. The van der Waals surface area contributed by atoms with E-state index in [2.05, 4.69) is 38.2 Å². The summed E-state index contributed by atoms with van der Waals surface area (Å²) >= 11 is 0. The summed E-state index contributed by atoms with van der Waals surface area (Å²) in [5.74, 6) is -0.800. The summed E-state index contributed by atoms with van der Waals surface area (Å²) in [6.07, 6.45) is 70.3. The Morgan fingerprint density at radius 2 is 0.747 bits per heavy atom. The van der Waals surface area contributed by atoms with Crippen LogP contribution in [0.15, 0.2) is 24.3 Å². The summed E-state index contributed by atoms with van der Waals surface area (Å²) in [6, 6.07) is 0. The van der Waals surface area contributed by atoms with Crippen LogP contribution in [-0.4, -0.2) is 74.9 Å². The third-order valence-electron chi connectivity index (χ3n) is 14.7. The van der Waals surface area contributed by atoms with E-state index in [9.17, 15) is 19.0 Å². The van der Waals surface area contributed by atoms with Crippen LogP contribution in [0.5, 0.6) is 0 Å². The van der Waals surface area contributed by atoms with Crippen LogP contribution >= 0.6 is 7.82 Å². The molecule has 0 aliphatic rings. The van der Waals surface area contributed by atoms with Crippen molar-refractivity contribution in [1.29, 1.82) is 0 Å². The number of hydrogen-bond acceptors (Lipinski definition) is 7. The Morgan fingerprint density at radius 1 is 0.413 bits per heavy atom. The molecule has 10 heteroatoms. The molecule has 75 heavy (non-hydrogen) atoms. The molecule has 0 aliphatic carbocycles. The highest BCUT2D eigenvalue weighted by Crippen LogP contribution is 2.43. The van der Waals surface area contributed by atoms with Crippen molar-refractivity contribution in [3.63, 3.8) is 0 Å². The number of allylic oxidation sites excluding steroid dienone is 4. The fraction of sp³-hybridized carbons (Fsp3) is 0.908. The summed E-state index contributed by atoms with van der Waals surface area (Å²) in [5.41, 5.74) is 0. The van der Waals surface area contributed by atoms with Gasteiger partial charge >= 0.3 is 19.8 Å². The lowest BCUT2D eigenvalue weighted by molar-refractivity contribution is -0.870. The van der Waals surface area contributed by atoms with Crippen LogP contribution in [0.25, 0.3) is 0 Å². The summed E-state index contributed by atoms with van der Waals surface area (Å²) in [4.78, 5) is 35.6. The van der Waals surface area contributed by atoms with Crippen LogP contribution in [0, 0.1) is 0 Å². The van der Waals surface area contributed by atoms with E-state index in [0.717, 1.165) is 64.2 Å². The minimum Gasteiger partial charge on any atom is -0.462 e. The Morgan fingerprint density at radius 3 is 1.11 bits per heavy atom. The molecule has 0 radical (unpaired) electrons. The smallest absolute Gasteiger partial charge is 0.462 e. The first-order valence-corrected chi connectivity index (χ1v) is 34.1. The molecule has 0 aliphatic heterocycles. The molecule has 0 heterocycles. The number of unbranched alkanes of at least 4 members (excludes halogenated alkanes) is 43. The van der Waals surface area contributed by atoms with E-state index in [1.54, 1.807) is 0 Å². The number of esters is 2. The van der Waals surface area contributed by atoms with Gasteiger partial charge in [0.1, 0.15) is 19.8 Å². The number of hydrogen-bond donors (Lipinski definition) is 1. The van der Waals surface area contributed by atoms with Gasteiger partial charge in [0.15, 0.2) is 6.10 Å². The fourth-order valence-electron chi connectivity index (χ4n) is 9.71. The first kappa shape index (κ1) is 73.5. The number of quaternary nitrogens is 1. The zero-order valence-corrected chi connectivity index (χ0v) is 51.5. The molecule has 0 aromatic rings. The van der Waals surface area contributed by atoms with Gasteiger partial charge in [-0.25, -0.2) is 4.57 Å². The third kappa shape index (κ3) is 61.6.